The SMILES string of the molecule is C[C@@](O)(c1ccc(F)cc1)[C@@H]1Oc2ccccc2S1=O. The van der Waals surface area contributed by atoms with Crippen molar-refractivity contribution >= 4 is 10.8 Å². The molecule has 0 spiro atoms. The van der Waals surface area contributed by atoms with Gasteiger partial charge in [-0.2, -0.15) is 0 Å². The summed E-state index contributed by atoms with van der Waals surface area (Å²) in [5.41, 5.74) is -1.92. The third-order valence-electron chi connectivity index (χ3n) is 3.38. The van der Waals surface area contributed by atoms with Crippen molar-refractivity contribution in [2.75, 3.05) is 0 Å². The number of hydrogen-bond acceptors (Lipinski definition) is 3. The lowest BCUT2D eigenvalue weighted by molar-refractivity contribution is -0.00949. The Labute approximate surface area is 118 Å². The summed E-state index contributed by atoms with van der Waals surface area (Å²) in [5.74, 6) is 0.125. The monoisotopic (exact) mass is 292 g/mol. The average molecular weight is 292 g/mol. The highest BCUT2D eigenvalue weighted by Gasteiger charge is 2.45. The van der Waals surface area contributed by atoms with Gasteiger partial charge in [0.05, 0.1) is 4.90 Å². The van der Waals surface area contributed by atoms with E-state index in [2.05, 4.69) is 0 Å². The molecule has 0 fully saturated rings. The Balaban J connectivity index is 1.98. The Kier molecular flexibility index (Phi) is 3.11. The molecule has 1 heterocycles. The summed E-state index contributed by atoms with van der Waals surface area (Å²) in [6, 6.07) is 12.4. The molecule has 0 saturated heterocycles. The smallest absolute Gasteiger partial charge is 0.210 e. The van der Waals surface area contributed by atoms with Crippen LogP contribution in [0, 0.1) is 5.82 Å². The largest absolute Gasteiger partial charge is 0.472 e. The molecule has 1 N–H and O–H groups in total. The molecule has 1 unspecified atom stereocenters. The molecule has 3 nitrogen and oxygen atoms in total. The first-order valence-corrected chi connectivity index (χ1v) is 7.36. The number of rotatable bonds is 2. The molecule has 1 aliphatic heterocycles. The van der Waals surface area contributed by atoms with E-state index in [1.165, 1.54) is 31.2 Å². The minimum atomic E-state index is -1.48. The van der Waals surface area contributed by atoms with Crippen LogP contribution in [0.4, 0.5) is 4.39 Å². The van der Waals surface area contributed by atoms with Crippen LogP contribution in [0.25, 0.3) is 0 Å². The summed E-state index contributed by atoms with van der Waals surface area (Å²) in [6.45, 7) is 1.52. The van der Waals surface area contributed by atoms with E-state index < -0.39 is 21.8 Å². The van der Waals surface area contributed by atoms with Crippen molar-refractivity contribution < 1.29 is 18.4 Å². The number of para-hydroxylation sites is 1. The zero-order chi connectivity index (χ0) is 14.3. The van der Waals surface area contributed by atoms with Gasteiger partial charge < -0.3 is 9.84 Å². The zero-order valence-corrected chi connectivity index (χ0v) is 11.6. The summed E-state index contributed by atoms with van der Waals surface area (Å²) < 4.78 is 31.0. The summed E-state index contributed by atoms with van der Waals surface area (Å²) in [5, 5.41) is 10.7. The minimum Gasteiger partial charge on any atom is -0.472 e. The van der Waals surface area contributed by atoms with Gasteiger partial charge in [-0.1, -0.05) is 24.3 Å². The first-order chi connectivity index (χ1) is 9.50. The van der Waals surface area contributed by atoms with Crippen molar-refractivity contribution in [2.24, 2.45) is 0 Å². The van der Waals surface area contributed by atoms with Crippen molar-refractivity contribution in [3.05, 3.63) is 59.9 Å². The fraction of sp³-hybridized carbons (Fsp3) is 0.200. The highest BCUT2D eigenvalue weighted by Crippen LogP contribution is 2.40. The molecule has 2 aromatic rings. The Morgan fingerprint density at radius 1 is 1.20 bits per heavy atom. The maximum absolute atomic E-state index is 13.0. The van der Waals surface area contributed by atoms with E-state index in [-0.39, 0.29) is 5.82 Å². The van der Waals surface area contributed by atoms with Gasteiger partial charge in [0.1, 0.15) is 28.0 Å². The van der Waals surface area contributed by atoms with Gasteiger partial charge in [0.15, 0.2) is 0 Å². The van der Waals surface area contributed by atoms with Crippen LogP contribution in [0.1, 0.15) is 12.5 Å². The molecular weight excluding hydrogens is 279 g/mol. The Bertz CT molecular complexity index is 667. The molecule has 104 valence electrons. The number of benzene rings is 2. The number of hydrogen-bond donors (Lipinski definition) is 1. The maximum Gasteiger partial charge on any atom is 0.210 e. The molecule has 2 aromatic carbocycles. The van der Waals surface area contributed by atoms with Gasteiger partial charge in [0.25, 0.3) is 0 Å². The van der Waals surface area contributed by atoms with Gasteiger partial charge in [-0.25, -0.2) is 4.39 Å². The maximum atomic E-state index is 13.0. The van der Waals surface area contributed by atoms with E-state index >= 15 is 0 Å². The molecule has 1 aliphatic rings. The van der Waals surface area contributed by atoms with Crippen molar-refractivity contribution in [2.45, 2.75) is 22.9 Å². The Hall–Kier alpha value is -1.72. The summed E-state index contributed by atoms with van der Waals surface area (Å²) in [6.07, 6.45) is 0. The normalized spacial score (nSPS) is 23.8. The molecule has 0 aliphatic carbocycles. The predicted molar refractivity (Wildman–Crippen MR) is 73.2 cm³/mol. The first-order valence-electron chi connectivity index (χ1n) is 6.15. The third-order valence-corrected chi connectivity index (χ3v) is 5.10. The van der Waals surface area contributed by atoms with Gasteiger partial charge >= 0.3 is 0 Å². The van der Waals surface area contributed by atoms with E-state index in [4.69, 9.17) is 4.74 Å². The molecule has 0 bridgehead atoms. The second kappa shape index (κ2) is 4.68. The van der Waals surface area contributed by atoms with Crippen LogP contribution in [0.15, 0.2) is 53.4 Å². The first kappa shape index (κ1) is 13.3. The number of fused-ring (bicyclic) bond motifs is 1. The molecule has 3 atom stereocenters. The van der Waals surface area contributed by atoms with Crippen LogP contribution in [0.2, 0.25) is 0 Å². The molecule has 0 saturated carbocycles. The molecular formula is C15H13FO3S. The van der Waals surface area contributed by atoms with E-state index in [9.17, 15) is 13.7 Å². The van der Waals surface area contributed by atoms with Gasteiger partial charge in [-0.3, -0.25) is 4.21 Å². The van der Waals surface area contributed by atoms with Crippen LogP contribution in [-0.4, -0.2) is 14.8 Å². The standard InChI is InChI=1S/C15H13FO3S/c1-15(17,10-6-8-11(16)9-7-10)14-19-12-4-2-3-5-13(12)20(14)18/h2-9,14,17H,1H3/t14-,15-,20?/m1/s1. The average Bonchev–Trinajstić information content (AvgIpc) is 2.78. The minimum absolute atomic E-state index is 0.388. The van der Waals surface area contributed by atoms with Crippen molar-refractivity contribution in [3.63, 3.8) is 0 Å². The van der Waals surface area contributed by atoms with Crippen LogP contribution in [-0.2, 0) is 16.4 Å². The van der Waals surface area contributed by atoms with Crippen LogP contribution < -0.4 is 4.74 Å². The van der Waals surface area contributed by atoms with Gasteiger partial charge in [-0.05, 0) is 36.8 Å². The second-order valence-electron chi connectivity index (χ2n) is 4.85. The lowest BCUT2D eigenvalue weighted by atomic mass is 9.97. The van der Waals surface area contributed by atoms with Gasteiger partial charge in [-0.15, -0.1) is 0 Å². The van der Waals surface area contributed by atoms with Crippen LogP contribution in [0.3, 0.4) is 0 Å². The lowest BCUT2D eigenvalue weighted by Crippen LogP contribution is -2.41. The fourth-order valence-corrected chi connectivity index (χ4v) is 3.74. The van der Waals surface area contributed by atoms with E-state index in [1.807, 2.05) is 0 Å². The summed E-state index contributed by atoms with van der Waals surface area (Å²) >= 11 is 0. The topological polar surface area (TPSA) is 46.5 Å². The van der Waals surface area contributed by atoms with E-state index in [0.29, 0.717) is 16.2 Å². The molecule has 0 amide bonds. The summed E-state index contributed by atoms with van der Waals surface area (Å²) in [4.78, 5) is 0.569. The second-order valence-corrected chi connectivity index (χ2v) is 6.31. The van der Waals surface area contributed by atoms with Crippen LogP contribution >= 0.6 is 0 Å². The van der Waals surface area contributed by atoms with Gasteiger partial charge in [0, 0.05) is 0 Å². The molecule has 20 heavy (non-hydrogen) atoms. The summed E-state index contributed by atoms with van der Waals surface area (Å²) in [7, 11) is -1.48. The van der Waals surface area contributed by atoms with Crippen molar-refractivity contribution in [3.8, 4) is 5.75 Å². The zero-order valence-electron chi connectivity index (χ0n) is 10.7. The molecule has 0 radical (unpaired) electrons. The predicted octanol–water partition coefficient (Wildman–Crippen LogP) is 2.56. The highest BCUT2D eigenvalue weighted by atomic mass is 32.2. The molecule has 5 heteroatoms. The van der Waals surface area contributed by atoms with E-state index in [0.717, 1.165) is 0 Å². The third kappa shape index (κ3) is 2.03. The van der Waals surface area contributed by atoms with E-state index in [1.54, 1.807) is 24.3 Å². The lowest BCUT2D eigenvalue weighted by Gasteiger charge is -2.28. The molecule has 3 rings (SSSR count). The van der Waals surface area contributed by atoms with Crippen molar-refractivity contribution in [1.29, 1.82) is 0 Å². The fourth-order valence-electron chi connectivity index (χ4n) is 2.23. The Morgan fingerprint density at radius 2 is 1.85 bits per heavy atom. The highest BCUT2D eigenvalue weighted by molar-refractivity contribution is 7.86. The van der Waals surface area contributed by atoms with Crippen molar-refractivity contribution in [1.82, 2.24) is 0 Å². The number of halogens is 1. The van der Waals surface area contributed by atoms with Gasteiger partial charge in [0.2, 0.25) is 5.44 Å². The van der Waals surface area contributed by atoms with Crippen LogP contribution in [0.5, 0.6) is 5.75 Å². The molecule has 0 aromatic heterocycles. The number of aliphatic hydroxyl groups is 1. The Morgan fingerprint density at radius 3 is 2.50 bits per heavy atom. The quantitative estimate of drug-likeness (QED) is 0.925. The number of ether oxygens (including phenoxy) is 1.